The molecular formula is C26H21ClN2O3. The van der Waals surface area contributed by atoms with E-state index in [0.717, 1.165) is 16.9 Å². The number of hydrogen-bond donors (Lipinski definition) is 1. The molecule has 1 aliphatic heterocycles. The second-order valence-electron chi connectivity index (χ2n) is 7.85. The number of halogens is 1. The highest BCUT2D eigenvalue weighted by Crippen LogP contribution is 2.24. The number of barbiturate groups is 1. The Morgan fingerprint density at radius 2 is 1.47 bits per heavy atom. The molecule has 0 aromatic heterocycles. The smallest absolute Gasteiger partial charge is 0.273 e. The fourth-order valence-electron chi connectivity index (χ4n) is 3.79. The van der Waals surface area contributed by atoms with E-state index >= 15 is 0 Å². The Kier molecular flexibility index (Phi) is 5.93. The van der Waals surface area contributed by atoms with Gasteiger partial charge in [-0.2, -0.15) is 0 Å². The van der Waals surface area contributed by atoms with Crippen LogP contribution in [0.1, 0.15) is 27.8 Å². The molecule has 0 radical (unpaired) electrons. The van der Waals surface area contributed by atoms with E-state index in [4.69, 9.17) is 11.6 Å². The Balaban J connectivity index is 1.57. The number of nitrogens with one attached hydrogen (secondary N) is 1. The zero-order valence-electron chi connectivity index (χ0n) is 17.7. The molecular weight excluding hydrogens is 424 g/mol. The van der Waals surface area contributed by atoms with Gasteiger partial charge in [-0.15, -0.1) is 0 Å². The first-order valence-corrected chi connectivity index (χ1v) is 10.5. The number of hydrogen-bond acceptors (Lipinski definition) is 3. The number of benzene rings is 3. The number of carbonyl (C=O) groups excluding carboxylic acids is 3. The zero-order valence-corrected chi connectivity index (χ0v) is 18.4. The minimum Gasteiger partial charge on any atom is -0.273 e. The Bertz CT molecular complexity index is 1220. The van der Waals surface area contributed by atoms with Crippen molar-refractivity contribution in [2.24, 2.45) is 0 Å². The summed E-state index contributed by atoms with van der Waals surface area (Å²) in [6.45, 7) is 4.16. The molecule has 0 aliphatic carbocycles. The molecule has 6 heteroatoms. The summed E-state index contributed by atoms with van der Waals surface area (Å²) in [6, 6.07) is 19.6. The number of amides is 4. The van der Waals surface area contributed by atoms with Crippen LogP contribution in [0.3, 0.4) is 0 Å². The number of carbonyl (C=O) groups is 3. The fourth-order valence-corrected chi connectivity index (χ4v) is 3.91. The average molecular weight is 445 g/mol. The van der Waals surface area contributed by atoms with Gasteiger partial charge in [0.15, 0.2) is 0 Å². The SMILES string of the molecule is Cc1cc(C)cc(Cc2ccc(/C=C3\C(=O)NC(=O)N(c4ccc(Cl)cc4)C3=O)cc2)c1. The molecule has 4 rings (SSSR count). The summed E-state index contributed by atoms with van der Waals surface area (Å²) in [4.78, 5) is 38.5. The summed E-state index contributed by atoms with van der Waals surface area (Å²) in [6.07, 6.45) is 2.28. The van der Waals surface area contributed by atoms with E-state index in [-0.39, 0.29) is 5.57 Å². The fraction of sp³-hybridized carbons (Fsp3) is 0.115. The van der Waals surface area contributed by atoms with Crippen LogP contribution in [0.4, 0.5) is 10.5 Å². The van der Waals surface area contributed by atoms with E-state index in [1.165, 1.54) is 22.8 Å². The minimum absolute atomic E-state index is 0.110. The first kappa shape index (κ1) is 21.5. The quantitative estimate of drug-likeness (QED) is 0.443. The van der Waals surface area contributed by atoms with E-state index < -0.39 is 17.8 Å². The van der Waals surface area contributed by atoms with Crippen molar-refractivity contribution in [3.63, 3.8) is 0 Å². The highest BCUT2D eigenvalue weighted by Gasteiger charge is 2.36. The molecule has 4 amide bonds. The van der Waals surface area contributed by atoms with Gasteiger partial charge in [0.25, 0.3) is 11.8 Å². The monoisotopic (exact) mass is 444 g/mol. The molecule has 0 unspecified atom stereocenters. The first-order chi connectivity index (χ1) is 15.3. The van der Waals surface area contributed by atoms with E-state index in [1.54, 1.807) is 24.3 Å². The summed E-state index contributed by atoms with van der Waals surface area (Å²) in [7, 11) is 0. The normalized spacial score (nSPS) is 15.3. The Morgan fingerprint density at radius 3 is 2.09 bits per heavy atom. The van der Waals surface area contributed by atoms with Gasteiger partial charge >= 0.3 is 6.03 Å². The topological polar surface area (TPSA) is 66.5 Å². The van der Waals surface area contributed by atoms with E-state index in [0.29, 0.717) is 16.3 Å². The number of anilines is 1. The van der Waals surface area contributed by atoms with Crippen molar-refractivity contribution < 1.29 is 14.4 Å². The first-order valence-electron chi connectivity index (χ1n) is 10.1. The van der Waals surface area contributed by atoms with Crippen molar-refractivity contribution in [1.82, 2.24) is 5.32 Å². The van der Waals surface area contributed by atoms with Gasteiger partial charge in [-0.3, -0.25) is 14.9 Å². The van der Waals surface area contributed by atoms with Gasteiger partial charge in [-0.25, -0.2) is 9.69 Å². The Morgan fingerprint density at radius 1 is 0.844 bits per heavy atom. The maximum absolute atomic E-state index is 13.0. The lowest BCUT2D eigenvalue weighted by atomic mass is 9.99. The average Bonchev–Trinajstić information content (AvgIpc) is 2.73. The Hall–Kier alpha value is -3.70. The molecule has 0 atom stereocenters. The third-order valence-corrected chi connectivity index (χ3v) is 5.42. The van der Waals surface area contributed by atoms with E-state index in [2.05, 4.69) is 37.4 Å². The number of nitrogens with zero attached hydrogens (tertiary/aromatic N) is 1. The van der Waals surface area contributed by atoms with Gasteiger partial charge in [-0.05, 0) is 67.3 Å². The van der Waals surface area contributed by atoms with Gasteiger partial charge in [0.1, 0.15) is 5.57 Å². The summed E-state index contributed by atoms with van der Waals surface area (Å²) >= 11 is 5.89. The molecule has 0 saturated carbocycles. The second kappa shape index (κ2) is 8.81. The number of imide groups is 2. The Labute approximate surface area is 191 Å². The molecule has 1 saturated heterocycles. The largest absolute Gasteiger partial charge is 0.335 e. The maximum Gasteiger partial charge on any atom is 0.335 e. The van der Waals surface area contributed by atoms with Crippen LogP contribution in [0.5, 0.6) is 0 Å². The number of rotatable bonds is 4. The number of aryl methyl sites for hydroxylation is 2. The third-order valence-electron chi connectivity index (χ3n) is 5.17. The number of urea groups is 1. The molecule has 1 aliphatic rings. The van der Waals surface area contributed by atoms with Crippen molar-refractivity contribution in [3.8, 4) is 0 Å². The van der Waals surface area contributed by atoms with Crippen LogP contribution in [-0.2, 0) is 16.0 Å². The lowest BCUT2D eigenvalue weighted by Gasteiger charge is -2.26. The minimum atomic E-state index is -0.789. The van der Waals surface area contributed by atoms with Gasteiger partial charge in [0.05, 0.1) is 5.69 Å². The predicted octanol–water partition coefficient (Wildman–Crippen LogP) is 5.21. The molecule has 3 aromatic carbocycles. The molecule has 32 heavy (non-hydrogen) atoms. The van der Waals surface area contributed by atoms with Crippen molar-refractivity contribution in [1.29, 1.82) is 0 Å². The van der Waals surface area contributed by atoms with Crippen LogP contribution in [0.2, 0.25) is 5.02 Å². The third kappa shape index (κ3) is 4.63. The van der Waals surface area contributed by atoms with Crippen LogP contribution >= 0.6 is 11.6 Å². The van der Waals surface area contributed by atoms with Crippen molar-refractivity contribution >= 4 is 41.2 Å². The van der Waals surface area contributed by atoms with Crippen molar-refractivity contribution in [3.05, 3.63) is 105 Å². The summed E-state index contributed by atoms with van der Waals surface area (Å²) in [5.41, 5.74) is 5.71. The second-order valence-corrected chi connectivity index (χ2v) is 8.29. The van der Waals surface area contributed by atoms with Crippen LogP contribution in [0, 0.1) is 13.8 Å². The van der Waals surface area contributed by atoms with Gasteiger partial charge in [-0.1, -0.05) is 65.2 Å². The summed E-state index contributed by atoms with van der Waals surface area (Å²) < 4.78 is 0. The summed E-state index contributed by atoms with van der Waals surface area (Å²) in [5.74, 6) is -1.40. The summed E-state index contributed by atoms with van der Waals surface area (Å²) in [5, 5.41) is 2.70. The standard InChI is InChI=1S/C26H21ClN2O3/c1-16-11-17(2)13-20(12-16)14-18-3-5-19(6-4-18)15-23-24(30)28-26(32)29(25(23)31)22-9-7-21(27)8-10-22/h3-13,15H,14H2,1-2H3,(H,28,30,32)/b23-15+. The zero-order chi connectivity index (χ0) is 22.8. The predicted molar refractivity (Wildman–Crippen MR) is 126 cm³/mol. The highest BCUT2D eigenvalue weighted by atomic mass is 35.5. The van der Waals surface area contributed by atoms with Crippen molar-refractivity contribution in [2.45, 2.75) is 20.3 Å². The van der Waals surface area contributed by atoms with E-state index in [9.17, 15) is 14.4 Å². The van der Waals surface area contributed by atoms with Crippen LogP contribution in [0.15, 0.2) is 72.3 Å². The molecule has 1 N–H and O–H groups in total. The molecule has 160 valence electrons. The molecule has 1 fully saturated rings. The molecule has 0 spiro atoms. The van der Waals surface area contributed by atoms with Crippen LogP contribution in [-0.4, -0.2) is 17.8 Å². The maximum atomic E-state index is 13.0. The van der Waals surface area contributed by atoms with Crippen LogP contribution < -0.4 is 10.2 Å². The lowest BCUT2D eigenvalue weighted by molar-refractivity contribution is -0.122. The molecule has 5 nitrogen and oxygen atoms in total. The van der Waals surface area contributed by atoms with Gasteiger partial charge in [0, 0.05) is 5.02 Å². The van der Waals surface area contributed by atoms with Gasteiger partial charge < -0.3 is 0 Å². The van der Waals surface area contributed by atoms with Gasteiger partial charge in [0.2, 0.25) is 0 Å². The van der Waals surface area contributed by atoms with Crippen molar-refractivity contribution in [2.75, 3.05) is 4.90 Å². The van der Waals surface area contributed by atoms with Crippen LogP contribution in [0.25, 0.3) is 6.08 Å². The molecule has 1 heterocycles. The molecule has 0 bridgehead atoms. The lowest BCUT2D eigenvalue weighted by Crippen LogP contribution is -2.54. The highest BCUT2D eigenvalue weighted by molar-refractivity contribution is 6.39. The molecule has 3 aromatic rings. The van der Waals surface area contributed by atoms with E-state index in [1.807, 2.05) is 24.3 Å².